The number of anilines is 1. The molecule has 0 spiro atoms. The summed E-state index contributed by atoms with van der Waals surface area (Å²) < 4.78 is 0. The number of rotatable bonds is 1. The van der Waals surface area contributed by atoms with Crippen molar-refractivity contribution in [2.75, 3.05) is 11.9 Å². The number of nitrogens with zero attached hydrogens (tertiary/aromatic N) is 1. The fourth-order valence-corrected chi connectivity index (χ4v) is 2.30. The van der Waals surface area contributed by atoms with E-state index in [0.717, 1.165) is 0 Å². The van der Waals surface area contributed by atoms with Crippen molar-refractivity contribution in [2.45, 2.75) is 5.92 Å². The molecule has 17 heavy (non-hydrogen) atoms. The predicted molar refractivity (Wildman–Crippen MR) is 66.3 cm³/mol. The third-order valence-electron chi connectivity index (χ3n) is 3.09. The number of fused-ring (bicyclic) bond motifs is 1. The molecule has 0 N–H and O–H groups in total. The van der Waals surface area contributed by atoms with E-state index in [2.05, 4.69) is 61.0 Å². The van der Waals surface area contributed by atoms with Gasteiger partial charge in [-0.25, -0.2) is 6.54 Å². The van der Waals surface area contributed by atoms with E-state index in [1.807, 2.05) is 12.1 Å². The van der Waals surface area contributed by atoms with Gasteiger partial charge in [-0.2, -0.15) is 35.9 Å². The molecule has 2 aromatic rings. The third kappa shape index (κ3) is 2.15. The van der Waals surface area contributed by atoms with Crippen LogP contribution in [0.25, 0.3) is 0 Å². The second kappa shape index (κ2) is 5.03. The number of hydrogen-bond donors (Lipinski definition) is 0. The first kappa shape index (κ1) is 12.3. The van der Waals surface area contributed by atoms with Gasteiger partial charge in [0.1, 0.15) is 0 Å². The van der Waals surface area contributed by atoms with E-state index in [4.69, 9.17) is 0 Å². The topological polar surface area (TPSA) is 3.24 Å². The zero-order chi connectivity index (χ0) is 11.0. The van der Waals surface area contributed by atoms with E-state index in [-0.39, 0.29) is 20.1 Å². The minimum absolute atomic E-state index is 0. The Morgan fingerprint density at radius 1 is 1.12 bits per heavy atom. The molecule has 1 aliphatic rings. The Bertz CT molecular complexity index is 495. The second-order valence-corrected chi connectivity index (χ2v) is 4.11. The summed E-state index contributed by atoms with van der Waals surface area (Å²) in [7, 11) is 2.10. The zero-order valence-electron chi connectivity index (χ0n) is 9.55. The van der Waals surface area contributed by atoms with Gasteiger partial charge in [-0.3, -0.25) is 0 Å². The van der Waals surface area contributed by atoms with E-state index in [9.17, 15) is 0 Å². The van der Waals surface area contributed by atoms with Gasteiger partial charge in [0, 0.05) is 25.8 Å². The van der Waals surface area contributed by atoms with Crippen molar-refractivity contribution in [3.05, 3.63) is 72.3 Å². The minimum Gasteiger partial charge on any atom is -0.524 e. The number of likely N-dealkylation sites (N-methyl/N-ethyl adjacent to an activating group) is 1. The van der Waals surface area contributed by atoms with Crippen LogP contribution in [0, 0.1) is 12.6 Å². The number of para-hydroxylation sites is 1. The van der Waals surface area contributed by atoms with Crippen molar-refractivity contribution in [2.24, 2.45) is 0 Å². The van der Waals surface area contributed by atoms with Gasteiger partial charge >= 0.3 is 0 Å². The zero-order valence-corrected chi connectivity index (χ0v) is 11.9. The number of hydrogen-bond acceptors (Lipinski definition) is 1. The average Bonchev–Trinajstić information content (AvgIpc) is 2.69. The fourth-order valence-electron chi connectivity index (χ4n) is 2.30. The number of benzene rings is 2. The maximum Gasteiger partial charge on any atom is 0.00809 e. The molecule has 2 aromatic carbocycles. The molecule has 1 nitrogen and oxygen atoms in total. The SMILES string of the molecule is CN1[CH-]C(c2[c-]cccc2)c2ccccc21.[Ir]. The Balaban J connectivity index is 0.00000108. The Labute approximate surface area is 116 Å². The molecule has 3 rings (SSSR count). The van der Waals surface area contributed by atoms with Crippen LogP contribution in [-0.4, -0.2) is 7.05 Å². The van der Waals surface area contributed by atoms with Gasteiger partial charge in [0.25, 0.3) is 0 Å². The van der Waals surface area contributed by atoms with Crippen LogP contribution in [0.2, 0.25) is 0 Å². The molecule has 1 heterocycles. The maximum atomic E-state index is 3.31. The molecule has 0 aliphatic carbocycles. The summed E-state index contributed by atoms with van der Waals surface area (Å²) in [6.07, 6.45) is 0. The van der Waals surface area contributed by atoms with Gasteiger partial charge in [0.05, 0.1) is 0 Å². The van der Waals surface area contributed by atoms with Gasteiger partial charge in [0.15, 0.2) is 0 Å². The van der Waals surface area contributed by atoms with Crippen molar-refractivity contribution >= 4 is 5.69 Å². The molecule has 89 valence electrons. The quantitative estimate of drug-likeness (QED) is 0.666. The summed E-state index contributed by atoms with van der Waals surface area (Å²) >= 11 is 0. The molecule has 1 radical (unpaired) electrons. The van der Waals surface area contributed by atoms with E-state index < -0.39 is 0 Å². The Morgan fingerprint density at radius 2 is 1.88 bits per heavy atom. The van der Waals surface area contributed by atoms with Crippen LogP contribution in [0.3, 0.4) is 0 Å². The van der Waals surface area contributed by atoms with Crippen LogP contribution in [-0.2, 0) is 20.1 Å². The first-order valence-corrected chi connectivity index (χ1v) is 5.49. The van der Waals surface area contributed by atoms with Crippen molar-refractivity contribution in [3.8, 4) is 0 Å². The third-order valence-corrected chi connectivity index (χ3v) is 3.09. The molecule has 0 aromatic heterocycles. The van der Waals surface area contributed by atoms with Gasteiger partial charge in [-0.1, -0.05) is 23.8 Å². The summed E-state index contributed by atoms with van der Waals surface area (Å²) in [4.78, 5) is 2.20. The molecule has 0 bridgehead atoms. The molecule has 1 unspecified atom stereocenters. The van der Waals surface area contributed by atoms with E-state index in [0.29, 0.717) is 5.92 Å². The van der Waals surface area contributed by atoms with E-state index >= 15 is 0 Å². The van der Waals surface area contributed by atoms with Gasteiger partial charge in [-0.15, -0.1) is 5.92 Å². The van der Waals surface area contributed by atoms with Crippen LogP contribution in [0.1, 0.15) is 17.0 Å². The molecule has 0 saturated heterocycles. The van der Waals surface area contributed by atoms with Crippen molar-refractivity contribution in [1.82, 2.24) is 0 Å². The van der Waals surface area contributed by atoms with Gasteiger partial charge in [0.2, 0.25) is 0 Å². The summed E-state index contributed by atoms with van der Waals surface area (Å²) in [6.45, 7) is 2.25. The maximum absolute atomic E-state index is 3.31. The minimum atomic E-state index is 0. The fraction of sp³-hybridized carbons (Fsp3) is 0.133. The van der Waals surface area contributed by atoms with Crippen molar-refractivity contribution in [1.29, 1.82) is 0 Å². The molecular weight excluding hydrogens is 386 g/mol. The Hall–Kier alpha value is -1.11. The largest absolute Gasteiger partial charge is 0.524 e. The van der Waals surface area contributed by atoms with E-state index in [1.165, 1.54) is 16.8 Å². The molecule has 0 amide bonds. The Morgan fingerprint density at radius 3 is 2.65 bits per heavy atom. The van der Waals surface area contributed by atoms with E-state index in [1.54, 1.807) is 0 Å². The molecular formula is C15H13IrN-2. The molecule has 1 aliphatic heterocycles. The average molecular weight is 399 g/mol. The van der Waals surface area contributed by atoms with Crippen LogP contribution >= 0.6 is 0 Å². The monoisotopic (exact) mass is 400 g/mol. The molecule has 0 saturated carbocycles. The van der Waals surface area contributed by atoms with Crippen molar-refractivity contribution in [3.63, 3.8) is 0 Å². The molecule has 2 heteroatoms. The predicted octanol–water partition coefficient (Wildman–Crippen LogP) is 3.23. The van der Waals surface area contributed by atoms with Crippen LogP contribution < -0.4 is 4.90 Å². The summed E-state index contributed by atoms with van der Waals surface area (Å²) in [5.74, 6) is 0.349. The van der Waals surface area contributed by atoms with Crippen molar-refractivity contribution < 1.29 is 20.1 Å². The van der Waals surface area contributed by atoms with Crippen LogP contribution in [0.5, 0.6) is 0 Å². The normalized spacial score (nSPS) is 17.5. The first-order chi connectivity index (χ1) is 7.86. The molecule has 1 atom stereocenters. The van der Waals surface area contributed by atoms with Crippen LogP contribution in [0.15, 0.2) is 48.5 Å². The first-order valence-electron chi connectivity index (χ1n) is 5.49. The second-order valence-electron chi connectivity index (χ2n) is 4.11. The standard InChI is InChI=1S/C15H13N.Ir/c1-16-11-14(12-7-3-2-4-8-12)13-9-5-6-10-15(13)16;/h2-7,9-11,14H,1H3;/q-2;. The molecule has 0 fully saturated rings. The van der Waals surface area contributed by atoms with Gasteiger partial charge < -0.3 is 4.90 Å². The summed E-state index contributed by atoms with van der Waals surface area (Å²) in [6, 6.07) is 20.0. The van der Waals surface area contributed by atoms with Crippen LogP contribution in [0.4, 0.5) is 5.69 Å². The summed E-state index contributed by atoms with van der Waals surface area (Å²) in [5, 5.41) is 0. The smallest absolute Gasteiger partial charge is 0.00809 e. The Kier molecular flexibility index (Phi) is 3.66. The van der Waals surface area contributed by atoms with Gasteiger partial charge in [-0.05, 0) is 13.1 Å². The summed E-state index contributed by atoms with van der Waals surface area (Å²) in [5.41, 5.74) is 3.90.